The van der Waals surface area contributed by atoms with Gasteiger partial charge in [0.2, 0.25) is 5.91 Å². The minimum Gasteiger partial charge on any atom is -0.339 e. The Labute approximate surface area is 148 Å². The highest BCUT2D eigenvalue weighted by Gasteiger charge is 2.28. The lowest BCUT2D eigenvalue weighted by atomic mass is 9.94. The third kappa shape index (κ3) is 3.72. The predicted molar refractivity (Wildman–Crippen MR) is 99.1 cm³/mol. The number of fused-ring (bicyclic) bond motifs is 1. The fourth-order valence-corrected chi connectivity index (χ4v) is 4.49. The van der Waals surface area contributed by atoms with Crippen LogP contribution in [0, 0.1) is 0 Å². The highest BCUT2D eigenvalue weighted by Crippen LogP contribution is 2.30. The van der Waals surface area contributed by atoms with E-state index in [4.69, 9.17) is 0 Å². The Morgan fingerprint density at radius 1 is 1.25 bits per heavy atom. The minimum absolute atomic E-state index is 0.134. The van der Waals surface area contributed by atoms with E-state index in [-0.39, 0.29) is 11.2 Å². The molecule has 5 heteroatoms. The summed E-state index contributed by atoms with van der Waals surface area (Å²) in [5.74, 6) is 0.233. The van der Waals surface area contributed by atoms with E-state index in [1.807, 2.05) is 31.2 Å². The first-order chi connectivity index (χ1) is 11.7. The van der Waals surface area contributed by atoms with Crippen LogP contribution in [0.1, 0.15) is 46.0 Å². The van der Waals surface area contributed by atoms with Gasteiger partial charge in [-0.3, -0.25) is 4.79 Å². The topological polar surface area (TPSA) is 46.1 Å². The van der Waals surface area contributed by atoms with Crippen molar-refractivity contribution in [3.05, 3.63) is 30.6 Å². The summed E-state index contributed by atoms with van der Waals surface area (Å²) < 4.78 is 0. The molecule has 1 heterocycles. The Bertz CT molecular complexity index is 695. The predicted octanol–water partition coefficient (Wildman–Crippen LogP) is 4.29. The van der Waals surface area contributed by atoms with E-state index in [1.54, 1.807) is 18.1 Å². The third-order valence-electron chi connectivity index (χ3n) is 4.78. The average Bonchev–Trinajstić information content (AvgIpc) is 2.63. The van der Waals surface area contributed by atoms with Gasteiger partial charge in [-0.05, 0) is 32.8 Å². The minimum atomic E-state index is -0.134. The maximum atomic E-state index is 13.0. The molecule has 1 saturated carbocycles. The first-order valence-corrected chi connectivity index (χ1v) is 9.75. The molecule has 1 aliphatic rings. The number of hydrogen-bond acceptors (Lipinski definition) is 4. The van der Waals surface area contributed by atoms with Gasteiger partial charge in [0, 0.05) is 18.0 Å². The van der Waals surface area contributed by atoms with Gasteiger partial charge in [0.15, 0.2) is 0 Å². The van der Waals surface area contributed by atoms with Crippen molar-refractivity contribution in [2.24, 2.45) is 0 Å². The van der Waals surface area contributed by atoms with Crippen molar-refractivity contribution in [1.29, 1.82) is 0 Å². The molecule has 1 unspecified atom stereocenters. The van der Waals surface area contributed by atoms with Crippen LogP contribution in [0.3, 0.4) is 0 Å². The largest absolute Gasteiger partial charge is 0.339 e. The Kier molecular flexibility index (Phi) is 5.72. The second-order valence-corrected chi connectivity index (χ2v) is 7.70. The number of aromatic nitrogens is 2. The summed E-state index contributed by atoms with van der Waals surface area (Å²) >= 11 is 1.55. The number of hydrogen-bond donors (Lipinski definition) is 0. The van der Waals surface area contributed by atoms with Crippen LogP contribution in [0.25, 0.3) is 10.9 Å². The molecule has 1 aromatic heterocycles. The molecule has 1 aliphatic carbocycles. The zero-order chi connectivity index (χ0) is 16.9. The highest BCUT2D eigenvalue weighted by molar-refractivity contribution is 8.00. The highest BCUT2D eigenvalue weighted by atomic mass is 32.2. The van der Waals surface area contributed by atoms with Crippen LogP contribution in [-0.2, 0) is 4.79 Å². The van der Waals surface area contributed by atoms with Crippen molar-refractivity contribution in [2.45, 2.75) is 62.3 Å². The molecule has 1 aromatic carbocycles. The molecule has 3 rings (SSSR count). The van der Waals surface area contributed by atoms with Gasteiger partial charge in [-0.25, -0.2) is 9.97 Å². The van der Waals surface area contributed by atoms with Gasteiger partial charge in [0.25, 0.3) is 0 Å². The van der Waals surface area contributed by atoms with Gasteiger partial charge in [0.05, 0.1) is 10.8 Å². The summed E-state index contributed by atoms with van der Waals surface area (Å²) in [6.45, 7) is 4.87. The number of benzene rings is 1. The lowest BCUT2D eigenvalue weighted by molar-refractivity contribution is -0.133. The summed E-state index contributed by atoms with van der Waals surface area (Å²) in [4.78, 5) is 23.8. The molecular formula is C19H25N3OS. The molecule has 128 valence electrons. The Balaban J connectivity index is 1.75. The summed E-state index contributed by atoms with van der Waals surface area (Å²) in [7, 11) is 0. The molecule has 0 spiro atoms. The summed E-state index contributed by atoms with van der Waals surface area (Å²) in [6, 6.07) is 8.38. The lowest BCUT2D eigenvalue weighted by Gasteiger charge is -2.35. The Morgan fingerprint density at radius 2 is 2.00 bits per heavy atom. The van der Waals surface area contributed by atoms with E-state index in [1.165, 1.54) is 19.3 Å². The monoisotopic (exact) mass is 343 g/mol. The summed E-state index contributed by atoms with van der Waals surface area (Å²) in [5, 5.41) is 1.77. The van der Waals surface area contributed by atoms with Crippen molar-refractivity contribution >= 4 is 28.6 Å². The van der Waals surface area contributed by atoms with E-state index in [0.717, 1.165) is 35.3 Å². The van der Waals surface area contributed by atoms with E-state index >= 15 is 0 Å². The van der Waals surface area contributed by atoms with Crippen molar-refractivity contribution in [3.8, 4) is 0 Å². The fourth-order valence-electron chi connectivity index (χ4n) is 3.51. The van der Waals surface area contributed by atoms with Crippen LogP contribution >= 0.6 is 11.8 Å². The van der Waals surface area contributed by atoms with Crippen LogP contribution in [0.2, 0.25) is 0 Å². The van der Waals surface area contributed by atoms with Gasteiger partial charge in [0.1, 0.15) is 11.4 Å². The van der Waals surface area contributed by atoms with Gasteiger partial charge in [-0.2, -0.15) is 0 Å². The van der Waals surface area contributed by atoms with Crippen molar-refractivity contribution in [3.63, 3.8) is 0 Å². The van der Waals surface area contributed by atoms with Gasteiger partial charge in [-0.1, -0.05) is 49.2 Å². The Hall–Kier alpha value is -1.62. The quantitative estimate of drug-likeness (QED) is 0.600. The number of rotatable bonds is 5. The van der Waals surface area contributed by atoms with Crippen LogP contribution < -0.4 is 0 Å². The molecule has 0 bridgehead atoms. The molecule has 2 aromatic rings. The number of thioether (sulfide) groups is 1. The molecule has 1 atom stereocenters. The van der Waals surface area contributed by atoms with Crippen molar-refractivity contribution < 1.29 is 4.79 Å². The second kappa shape index (κ2) is 7.97. The number of amides is 1. The maximum Gasteiger partial charge on any atom is 0.236 e. The van der Waals surface area contributed by atoms with Gasteiger partial charge < -0.3 is 4.90 Å². The van der Waals surface area contributed by atoms with E-state index in [9.17, 15) is 4.79 Å². The van der Waals surface area contributed by atoms with E-state index < -0.39 is 0 Å². The number of para-hydroxylation sites is 1. The first-order valence-electron chi connectivity index (χ1n) is 8.87. The van der Waals surface area contributed by atoms with Crippen LogP contribution in [0.5, 0.6) is 0 Å². The van der Waals surface area contributed by atoms with Crippen molar-refractivity contribution in [1.82, 2.24) is 14.9 Å². The molecule has 0 aliphatic heterocycles. The maximum absolute atomic E-state index is 13.0. The summed E-state index contributed by atoms with van der Waals surface area (Å²) in [5.41, 5.74) is 0.925. The van der Waals surface area contributed by atoms with Crippen LogP contribution in [0.15, 0.2) is 35.6 Å². The smallest absolute Gasteiger partial charge is 0.236 e. The first kappa shape index (κ1) is 17.2. The van der Waals surface area contributed by atoms with Crippen LogP contribution in [0.4, 0.5) is 0 Å². The average molecular weight is 343 g/mol. The zero-order valence-corrected chi connectivity index (χ0v) is 15.3. The second-order valence-electron chi connectivity index (χ2n) is 6.37. The van der Waals surface area contributed by atoms with E-state index in [0.29, 0.717) is 6.04 Å². The molecule has 1 amide bonds. The van der Waals surface area contributed by atoms with Crippen molar-refractivity contribution in [2.75, 3.05) is 6.54 Å². The van der Waals surface area contributed by atoms with Gasteiger partial charge >= 0.3 is 0 Å². The molecule has 4 nitrogen and oxygen atoms in total. The van der Waals surface area contributed by atoms with Gasteiger partial charge in [-0.15, -0.1) is 0 Å². The normalized spacial score (nSPS) is 16.9. The molecular weight excluding hydrogens is 318 g/mol. The summed E-state index contributed by atoms with van der Waals surface area (Å²) in [6.07, 6.45) is 7.67. The number of carbonyl (C=O) groups excluding carboxylic acids is 1. The standard InChI is InChI=1S/C19H25N3OS/c1-3-22(15-9-5-4-6-10-15)19(23)14(2)24-18-16-11-7-8-12-17(16)20-13-21-18/h7-8,11-15H,3-6,9-10H2,1-2H3. The third-order valence-corrected chi connectivity index (χ3v) is 5.89. The fraction of sp³-hybridized carbons (Fsp3) is 0.526. The zero-order valence-electron chi connectivity index (χ0n) is 14.4. The Morgan fingerprint density at radius 3 is 2.75 bits per heavy atom. The number of carbonyl (C=O) groups is 1. The molecule has 1 fully saturated rings. The molecule has 0 N–H and O–H groups in total. The molecule has 0 radical (unpaired) electrons. The van der Waals surface area contributed by atoms with Crippen LogP contribution in [-0.4, -0.2) is 38.6 Å². The number of nitrogens with zero attached hydrogens (tertiary/aromatic N) is 3. The molecule has 24 heavy (non-hydrogen) atoms. The molecule has 0 saturated heterocycles. The lowest BCUT2D eigenvalue weighted by Crippen LogP contribution is -2.44. The SMILES string of the molecule is CCN(C(=O)C(C)Sc1ncnc2ccccc12)C1CCCCC1. The van der Waals surface area contributed by atoms with E-state index in [2.05, 4.69) is 21.8 Å².